The maximum absolute atomic E-state index is 5.56. The highest BCUT2D eigenvalue weighted by atomic mass is 14.9. The Labute approximate surface area is 79.4 Å². The number of hydrogen-bond donors (Lipinski definition) is 2. The zero-order valence-corrected chi connectivity index (χ0v) is 8.46. The minimum atomic E-state index is 0.137. The van der Waals surface area contributed by atoms with E-state index in [9.17, 15) is 0 Å². The molecule has 1 aromatic heterocycles. The number of rotatable bonds is 2. The molecule has 0 aromatic carbocycles. The number of nitrogens with one attached hydrogen (secondary N) is 1. The summed E-state index contributed by atoms with van der Waals surface area (Å²) in [5.41, 5.74) is 6.86. The van der Waals surface area contributed by atoms with Crippen LogP contribution in [-0.2, 0) is 6.54 Å². The summed E-state index contributed by atoms with van der Waals surface area (Å²) in [4.78, 5) is 3.93. The molecule has 3 N–H and O–H groups in total. The van der Waals surface area contributed by atoms with Gasteiger partial charge in [0.2, 0.25) is 0 Å². The lowest BCUT2D eigenvalue weighted by Crippen LogP contribution is -2.35. The third kappa shape index (κ3) is 3.90. The molecule has 0 saturated heterocycles. The van der Waals surface area contributed by atoms with Gasteiger partial charge < -0.3 is 11.1 Å². The molecule has 0 saturated carbocycles. The second kappa shape index (κ2) is 3.75. The first-order valence-corrected chi connectivity index (χ1v) is 4.43. The molecule has 0 unspecified atom stereocenters. The lowest BCUT2D eigenvalue weighted by molar-refractivity contribution is 0.424. The van der Waals surface area contributed by atoms with E-state index in [4.69, 9.17) is 5.73 Å². The summed E-state index contributed by atoms with van der Waals surface area (Å²) < 4.78 is 0. The highest BCUT2D eigenvalue weighted by Gasteiger charge is 2.07. The van der Waals surface area contributed by atoms with Crippen LogP contribution in [0.2, 0.25) is 0 Å². The number of pyridine rings is 1. The van der Waals surface area contributed by atoms with Crippen molar-refractivity contribution in [3.05, 3.63) is 23.9 Å². The van der Waals surface area contributed by atoms with E-state index in [0.29, 0.717) is 5.82 Å². The second-order valence-electron chi connectivity index (χ2n) is 4.19. The summed E-state index contributed by atoms with van der Waals surface area (Å²) in [6, 6.07) is 3.86. The molecule has 1 heterocycles. The fourth-order valence-corrected chi connectivity index (χ4v) is 0.972. The maximum atomic E-state index is 5.56. The highest BCUT2D eigenvalue weighted by molar-refractivity contribution is 5.31. The summed E-state index contributed by atoms with van der Waals surface area (Å²) in [5, 5.41) is 3.38. The monoisotopic (exact) mass is 179 g/mol. The predicted molar refractivity (Wildman–Crippen MR) is 55.2 cm³/mol. The molecule has 0 spiro atoms. The van der Waals surface area contributed by atoms with Crippen molar-refractivity contribution >= 4 is 5.82 Å². The Kier molecular flexibility index (Phi) is 2.88. The Morgan fingerprint density at radius 1 is 1.46 bits per heavy atom. The van der Waals surface area contributed by atoms with Gasteiger partial charge in [-0.3, -0.25) is 0 Å². The number of nitrogen functional groups attached to an aromatic ring is 1. The summed E-state index contributed by atoms with van der Waals surface area (Å²) in [6.45, 7) is 7.24. The van der Waals surface area contributed by atoms with E-state index in [1.54, 1.807) is 6.20 Å². The fraction of sp³-hybridized carbons (Fsp3) is 0.500. The van der Waals surface area contributed by atoms with Gasteiger partial charge in [-0.05, 0) is 38.5 Å². The second-order valence-corrected chi connectivity index (χ2v) is 4.19. The molecule has 1 rings (SSSR count). The van der Waals surface area contributed by atoms with Crippen LogP contribution < -0.4 is 11.1 Å². The first kappa shape index (κ1) is 9.99. The average molecular weight is 179 g/mol. The van der Waals surface area contributed by atoms with Crippen LogP contribution in [0.4, 0.5) is 5.82 Å². The molecule has 3 heteroatoms. The van der Waals surface area contributed by atoms with Crippen LogP contribution in [0.1, 0.15) is 26.3 Å². The fourth-order valence-electron chi connectivity index (χ4n) is 0.972. The van der Waals surface area contributed by atoms with Crippen molar-refractivity contribution in [2.75, 3.05) is 5.73 Å². The topological polar surface area (TPSA) is 50.9 Å². The molecule has 1 aromatic rings. The van der Waals surface area contributed by atoms with E-state index in [1.165, 1.54) is 5.56 Å². The summed E-state index contributed by atoms with van der Waals surface area (Å²) in [7, 11) is 0. The minimum absolute atomic E-state index is 0.137. The molecule has 0 fully saturated rings. The highest BCUT2D eigenvalue weighted by Crippen LogP contribution is 2.05. The average Bonchev–Trinajstić information content (AvgIpc) is 2.00. The Bertz CT molecular complexity index is 276. The van der Waals surface area contributed by atoms with E-state index in [-0.39, 0.29) is 5.54 Å². The van der Waals surface area contributed by atoms with Gasteiger partial charge in [0.15, 0.2) is 0 Å². The first-order chi connectivity index (χ1) is 5.97. The minimum Gasteiger partial charge on any atom is -0.384 e. The van der Waals surface area contributed by atoms with Gasteiger partial charge in [-0.1, -0.05) is 0 Å². The van der Waals surface area contributed by atoms with Crippen LogP contribution >= 0.6 is 0 Å². The van der Waals surface area contributed by atoms with Gasteiger partial charge in [-0.15, -0.1) is 0 Å². The standard InChI is InChI=1S/C10H17N3/c1-10(2,3)13-7-8-4-5-12-9(11)6-8/h4-6,13H,7H2,1-3H3,(H2,11,12). The predicted octanol–water partition coefficient (Wildman–Crippen LogP) is 1.55. The normalized spacial score (nSPS) is 11.6. The van der Waals surface area contributed by atoms with Crippen LogP contribution in [0.5, 0.6) is 0 Å². The van der Waals surface area contributed by atoms with Crippen LogP contribution in [0.15, 0.2) is 18.3 Å². The zero-order chi connectivity index (χ0) is 9.90. The Morgan fingerprint density at radius 3 is 2.69 bits per heavy atom. The molecular weight excluding hydrogens is 162 g/mol. The summed E-state index contributed by atoms with van der Waals surface area (Å²) in [6.07, 6.45) is 1.73. The van der Waals surface area contributed by atoms with E-state index in [1.807, 2.05) is 12.1 Å². The zero-order valence-electron chi connectivity index (χ0n) is 8.46. The lowest BCUT2D eigenvalue weighted by atomic mass is 10.1. The van der Waals surface area contributed by atoms with E-state index >= 15 is 0 Å². The molecule has 3 nitrogen and oxygen atoms in total. The van der Waals surface area contributed by atoms with Gasteiger partial charge in [0.1, 0.15) is 5.82 Å². The molecule has 0 bridgehead atoms. The van der Waals surface area contributed by atoms with Crippen molar-refractivity contribution in [2.45, 2.75) is 32.9 Å². The lowest BCUT2D eigenvalue weighted by Gasteiger charge is -2.20. The van der Waals surface area contributed by atoms with Gasteiger partial charge >= 0.3 is 0 Å². The van der Waals surface area contributed by atoms with Crippen LogP contribution in [-0.4, -0.2) is 10.5 Å². The molecule has 0 aliphatic heterocycles. The van der Waals surface area contributed by atoms with Crippen molar-refractivity contribution in [3.63, 3.8) is 0 Å². The largest absolute Gasteiger partial charge is 0.384 e. The van der Waals surface area contributed by atoms with Gasteiger partial charge in [0, 0.05) is 18.3 Å². The third-order valence-electron chi connectivity index (χ3n) is 1.67. The van der Waals surface area contributed by atoms with Gasteiger partial charge in [-0.25, -0.2) is 4.98 Å². The number of nitrogens with two attached hydrogens (primary N) is 1. The number of nitrogens with zero attached hydrogens (tertiary/aromatic N) is 1. The quantitative estimate of drug-likeness (QED) is 0.724. The molecule has 0 amide bonds. The van der Waals surface area contributed by atoms with Crippen LogP contribution in [0, 0.1) is 0 Å². The maximum Gasteiger partial charge on any atom is 0.123 e. The molecule has 72 valence electrons. The van der Waals surface area contributed by atoms with Crippen molar-refractivity contribution in [2.24, 2.45) is 0 Å². The molecule has 13 heavy (non-hydrogen) atoms. The number of aromatic nitrogens is 1. The van der Waals surface area contributed by atoms with Gasteiger partial charge in [0.25, 0.3) is 0 Å². The van der Waals surface area contributed by atoms with Crippen molar-refractivity contribution in [3.8, 4) is 0 Å². The molecule has 0 atom stereocenters. The molecule has 0 aliphatic rings. The number of hydrogen-bond acceptors (Lipinski definition) is 3. The Balaban J connectivity index is 2.55. The first-order valence-electron chi connectivity index (χ1n) is 4.43. The summed E-state index contributed by atoms with van der Waals surface area (Å²) >= 11 is 0. The van der Waals surface area contributed by atoms with E-state index < -0.39 is 0 Å². The SMILES string of the molecule is CC(C)(C)NCc1ccnc(N)c1. The van der Waals surface area contributed by atoms with E-state index in [2.05, 4.69) is 31.1 Å². The van der Waals surface area contributed by atoms with E-state index in [0.717, 1.165) is 6.54 Å². The van der Waals surface area contributed by atoms with Crippen LogP contribution in [0.3, 0.4) is 0 Å². The summed E-state index contributed by atoms with van der Waals surface area (Å²) in [5.74, 6) is 0.577. The van der Waals surface area contributed by atoms with Crippen molar-refractivity contribution in [1.82, 2.24) is 10.3 Å². The van der Waals surface area contributed by atoms with Crippen molar-refractivity contribution in [1.29, 1.82) is 0 Å². The van der Waals surface area contributed by atoms with Gasteiger partial charge in [0.05, 0.1) is 0 Å². The Morgan fingerprint density at radius 2 is 2.15 bits per heavy atom. The van der Waals surface area contributed by atoms with Crippen LogP contribution in [0.25, 0.3) is 0 Å². The number of anilines is 1. The Hall–Kier alpha value is -1.09. The third-order valence-corrected chi connectivity index (χ3v) is 1.67. The van der Waals surface area contributed by atoms with Crippen molar-refractivity contribution < 1.29 is 0 Å². The molecule has 0 aliphatic carbocycles. The molecule has 0 radical (unpaired) electrons. The molecular formula is C10H17N3. The van der Waals surface area contributed by atoms with Gasteiger partial charge in [-0.2, -0.15) is 0 Å². The smallest absolute Gasteiger partial charge is 0.123 e.